The van der Waals surface area contributed by atoms with Crippen molar-refractivity contribution in [2.75, 3.05) is 13.2 Å². The summed E-state index contributed by atoms with van der Waals surface area (Å²) in [6.45, 7) is 2.31. The van der Waals surface area contributed by atoms with E-state index in [-0.39, 0.29) is 18.9 Å². The van der Waals surface area contributed by atoms with Crippen LogP contribution in [0.3, 0.4) is 0 Å². The molecule has 2 N–H and O–H groups in total. The topological polar surface area (TPSA) is 79.8 Å². The number of hydrogen-bond donors (Lipinski definition) is 2. The average molecular weight is 339 g/mol. The highest BCUT2D eigenvalue weighted by Crippen LogP contribution is 2.15. The normalized spacial score (nSPS) is 10.4. The molecule has 0 aliphatic heterocycles. The largest absolute Gasteiger partial charge is 0.493 e. The quantitative estimate of drug-likeness (QED) is 0.569. The first-order valence-electron chi connectivity index (χ1n) is 8.03. The van der Waals surface area contributed by atoms with Crippen LogP contribution in [0.1, 0.15) is 18.1 Å². The van der Waals surface area contributed by atoms with Gasteiger partial charge in [0.2, 0.25) is 5.91 Å². The Hall–Kier alpha value is -3.15. The predicted molar refractivity (Wildman–Crippen MR) is 96.5 cm³/mol. The molecule has 6 heteroatoms. The van der Waals surface area contributed by atoms with Gasteiger partial charge in [0.05, 0.1) is 25.8 Å². The average Bonchev–Trinajstić information content (AvgIpc) is 2.62. The van der Waals surface area contributed by atoms with Crippen molar-refractivity contribution in [3.8, 4) is 5.75 Å². The first-order valence-corrected chi connectivity index (χ1v) is 8.03. The number of nitrogens with zero attached hydrogens (tertiary/aromatic N) is 1. The Kier molecular flexibility index (Phi) is 7.18. The number of amides is 2. The van der Waals surface area contributed by atoms with Gasteiger partial charge in [0, 0.05) is 5.56 Å². The van der Waals surface area contributed by atoms with Crippen molar-refractivity contribution in [1.29, 1.82) is 0 Å². The fourth-order valence-corrected chi connectivity index (χ4v) is 2.11. The van der Waals surface area contributed by atoms with E-state index in [1.807, 2.05) is 61.5 Å². The van der Waals surface area contributed by atoms with Gasteiger partial charge in [0.25, 0.3) is 5.91 Å². The maximum absolute atomic E-state index is 11.8. The molecule has 0 spiro atoms. The van der Waals surface area contributed by atoms with Crippen molar-refractivity contribution in [3.63, 3.8) is 0 Å². The van der Waals surface area contributed by atoms with Gasteiger partial charge >= 0.3 is 0 Å². The molecule has 0 saturated carbocycles. The molecule has 2 amide bonds. The third-order valence-electron chi connectivity index (χ3n) is 3.27. The SMILES string of the molecule is CCOc1ccccc1/C=N/NC(=O)CNC(=O)Cc1ccccc1. The van der Waals surface area contributed by atoms with Crippen LogP contribution in [-0.4, -0.2) is 31.2 Å². The molecule has 0 saturated heterocycles. The monoisotopic (exact) mass is 339 g/mol. The summed E-state index contributed by atoms with van der Waals surface area (Å²) >= 11 is 0. The van der Waals surface area contributed by atoms with Crippen molar-refractivity contribution < 1.29 is 14.3 Å². The molecule has 0 aliphatic carbocycles. The van der Waals surface area contributed by atoms with E-state index in [9.17, 15) is 9.59 Å². The van der Waals surface area contributed by atoms with Crippen molar-refractivity contribution in [1.82, 2.24) is 10.7 Å². The number of hydrazone groups is 1. The molecule has 0 aromatic heterocycles. The standard InChI is InChI=1S/C19H21N3O3/c1-2-25-17-11-7-6-10-16(17)13-21-22-19(24)14-20-18(23)12-15-8-4-3-5-9-15/h3-11,13H,2,12,14H2,1H3,(H,20,23)(H,22,24)/b21-13+. The second kappa shape index (κ2) is 9.87. The molecule has 6 nitrogen and oxygen atoms in total. The van der Waals surface area contributed by atoms with Crippen LogP contribution >= 0.6 is 0 Å². The van der Waals surface area contributed by atoms with E-state index in [0.29, 0.717) is 12.4 Å². The molecule has 0 bridgehead atoms. The van der Waals surface area contributed by atoms with Gasteiger partial charge in [0.1, 0.15) is 5.75 Å². The number of benzene rings is 2. The van der Waals surface area contributed by atoms with Crippen LogP contribution in [0.5, 0.6) is 5.75 Å². The van der Waals surface area contributed by atoms with Crippen LogP contribution in [-0.2, 0) is 16.0 Å². The van der Waals surface area contributed by atoms with E-state index in [4.69, 9.17) is 4.74 Å². The minimum Gasteiger partial charge on any atom is -0.493 e. The lowest BCUT2D eigenvalue weighted by Crippen LogP contribution is -2.35. The Morgan fingerprint density at radius 3 is 2.52 bits per heavy atom. The van der Waals surface area contributed by atoms with Crippen molar-refractivity contribution >= 4 is 18.0 Å². The van der Waals surface area contributed by atoms with Gasteiger partial charge in [-0.2, -0.15) is 5.10 Å². The molecule has 0 heterocycles. The van der Waals surface area contributed by atoms with E-state index < -0.39 is 5.91 Å². The number of carbonyl (C=O) groups is 2. The number of rotatable bonds is 8. The van der Waals surface area contributed by atoms with Gasteiger partial charge in [0.15, 0.2) is 0 Å². The van der Waals surface area contributed by atoms with E-state index in [1.54, 1.807) is 0 Å². The molecule has 2 aromatic carbocycles. The van der Waals surface area contributed by atoms with E-state index in [1.165, 1.54) is 6.21 Å². The summed E-state index contributed by atoms with van der Waals surface area (Å²) < 4.78 is 5.47. The lowest BCUT2D eigenvalue weighted by molar-refractivity contribution is -0.125. The zero-order valence-corrected chi connectivity index (χ0v) is 14.1. The third kappa shape index (κ3) is 6.47. The van der Waals surface area contributed by atoms with Gasteiger partial charge in [-0.05, 0) is 24.6 Å². The lowest BCUT2D eigenvalue weighted by Gasteiger charge is -2.06. The summed E-state index contributed by atoms with van der Waals surface area (Å²) in [7, 11) is 0. The molecule has 0 atom stereocenters. The lowest BCUT2D eigenvalue weighted by atomic mass is 10.1. The van der Waals surface area contributed by atoms with Crippen LogP contribution in [0.2, 0.25) is 0 Å². The first-order chi connectivity index (χ1) is 12.2. The van der Waals surface area contributed by atoms with Gasteiger partial charge in [-0.3, -0.25) is 9.59 Å². The fraction of sp³-hybridized carbons (Fsp3) is 0.211. The highest BCUT2D eigenvalue weighted by Gasteiger charge is 2.06. The van der Waals surface area contributed by atoms with Crippen LogP contribution < -0.4 is 15.5 Å². The Morgan fingerprint density at radius 1 is 1.04 bits per heavy atom. The summed E-state index contributed by atoms with van der Waals surface area (Å²) in [6, 6.07) is 16.7. The minimum atomic E-state index is -0.397. The van der Waals surface area contributed by atoms with E-state index in [2.05, 4.69) is 15.8 Å². The molecule has 0 radical (unpaired) electrons. The molecule has 130 valence electrons. The third-order valence-corrected chi connectivity index (χ3v) is 3.27. The van der Waals surface area contributed by atoms with E-state index >= 15 is 0 Å². The van der Waals surface area contributed by atoms with Crippen LogP contribution in [0, 0.1) is 0 Å². The number of ether oxygens (including phenoxy) is 1. The molecule has 0 aliphatic rings. The van der Waals surface area contributed by atoms with Gasteiger partial charge < -0.3 is 10.1 Å². The molecule has 2 aromatic rings. The molecular formula is C19H21N3O3. The Morgan fingerprint density at radius 2 is 1.76 bits per heavy atom. The minimum absolute atomic E-state index is 0.129. The van der Waals surface area contributed by atoms with Crippen LogP contribution in [0.15, 0.2) is 59.7 Å². The maximum Gasteiger partial charge on any atom is 0.259 e. The van der Waals surface area contributed by atoms with Gasteiger partial charge in [-0.1, -0.05) is 42.5 Å². The van der Waals surface area contributed by atoms with Gasteiger partial charge in [-0.15, -0.1) is 0 Å². The number of para-hydroxylation sites is 1. The Labute approximate surface area is 146 Å². The molecule has 0 fully saturated rings. The van der Waals surface area contributed by atoms with E-state index in [0.717, 1.165) is 11.1 Å². The van der Waals surface area contributed by atoms with Gasteiger partial charge in [-0.25, -0.2) is 5.43 Å². The van der Waals surface area contributed by atoms with Crippen LogP contribution in [0.4, 0.5) is 0 Å². The number of hydrogen-bond acceptors (Lipinski definition) is 4. The summed E-state index contributed by atoms with van der Waals surface area (Å²) in [4.78, 5) is 23.5. The summed E-state index contributed by atoms with van der Waals surface area (Å²) in [5, 5.41) is 6.45. The maximum atomic E-state index is 11.8. The highest BCUT2D eigenvalue weighted by molar-refractivity contribution is 5.87. The van der Waals surface area contributed by atoms with Crippen LogP contribution in [0.25, 0.3) is 0 Å². The molecule has 25 heavy (non-hydrogen) atoms. The number of carbonyl (C=O) groups excluding carboxylic acids is 2. The first kappa shape index (κ1) is 18.2. The summed E-state index contributed by atoms with van der Waals surface area (Å²) in [5.74, 6) is 0.0812. The molecule has 2 rings (SSSR count). The summed E-state index contributed by atoms with van der Waals surface area (Å²) in [5.41, 5.74) is 4.04. The molecular weight excluding hydrogens is 318 g/mol. The van der Waals surface area contributed by atoms with Crippen molar-refractivity contribution in [3.05, 3.63) is 65.7 Å². The van der Waals surface area contributed by atoms with Crippen molar-refractivity contribution in [2.45, 2.75) is 13.3 Å². The zero-order valence-electron chi connectivity index (χ0n) is 14.1. The second-order valence-corrected chi connectivity index (χ2v) is 5.20. The van der Waals surface area contributed by atoms with Crippen molar-refractivity contribution in [2.24, 2.45) is 5.10 Å². The smallest absolute Gasteiger partial charge is 0.259 e. The number of nitrogens with one attached hydrogen (secondary N) is 2. The zero-order chi connectivity index (χ0) is 17.9. The summed E-state index contributed by atoms with van der Waals surface area (Å²) in [6.07, 6.45) is 1.74. The highest BCUT2D eigenvalue weighted by atomic mass is 16.5. The Balaban J connectivity index is 1.76. The molecule has 0 unspecified atom stereocenters. The fourth-order valence-electron chi connectivity index (χ4n) is 2.11. The predicted octanol–water partition coefficient (Wildman–Crippen LogP) is 1.89. The second-order valence-electron chi connectivity index (χ2n) is 5.20. The Bertz CT molecular complexity index is 730.